The van der Waals surface area contributed by atoms with Gasteiger partial charge < -0.3 is 14.0 Å². The Balaban J connectivity index is 2.17. The van der Waals surface area contributed by atoms with Crippen molar-refractivity contribution in [3.8, 4) is 11.5 Å². The van der Waals surface area contributed by atoms with Gasteiger partial charge in [0.15, 0.2) is 11.5 Å². The predicted molar refractivity (Wildman–Crippen MR) is 74.9 cm³/mol. The van der Waals surface area contributed by atoms with Crippen LogP contribution in [0.2, 0.25) is 0 Å². The van der Waals surface area contributed by atoms with Crippen molar-refractivity contribution in [3.05, 3.63) is 35.2 Å². The summed E-state index contributed by atoms with van der Waals surface area (Å²) in [4.78, 5) is 15.2. The van der Waals surface area contributed by atoms with Gasteiger partial charge >= 0.3 is 5.97 Å². The molecule has 108 valence electrons. The van der Waals surface area contributed by atoms with Gasteiger partial charge in [0, 0.05) is 12.1 Å². The van der Waals surface area contributed by atoms with Crippen LogP contribution >= 0.6 is 0 Å². The predicted octanol–water partition coefficient (Wildman–Crippen LogP) is 3.12. The molecule has 0 saturated carbocycles. The molecule has 0 aromatic carbocycles. The highest BCUT2D eigenvalue weighted by molar-refractivity contribution is 5.91. The molecule has 0 aliphatic carbocycles. The average Bonchev–Trinajstić information content (AvgIpc) is 3.05. The smallest absolute Gasteiger partial charge is 0.303 e. The number of carboxylic acids is 1. The summed E-state index contributed by atoms with van der Waals surface area (Å²) in [7, 11) is 0. The zero-order valence-corrected chi connectivity index (χ0v) is 11.7. The number of rotatable bonds is 4. The minimum atomic E-state index is -0.828. The molecule has 0 fully saturated rings. The fourth-order valence-electron chi connectivity index (χ4n) is 2.52. The molecule has 3 aromatic rings. The number of carbonyl (C=O) groups is 1. The second-order valence-corrected chi connectivity index (χ2v) is 4.88. The van der Waals surface area contributed by atoms with Gasteiger partial charge in [-0.15, -0.1) is 0 Å². The van der Waals surface area contributed by atoms with Crippen molar-refractivity contribution < 1.29 is 18.8 Å². The number of carboxylic acid groups (broad SMARTS) is 1. The highest BCUT2D eigenvalue weighted by atomic mass is 16.5. The average molecular weight is 286 g/mol. The molecule has 0 aliphatic heterocycles. The Morgan fingerprint density at radius 2 is 2.19 bits per heavy atom. The summed E-state index contributed by atoms with van der Waals surface area (Å²) in [5, 5.41) is 13.7. The topological polar surface area (TPSA) is 89.4 Å². The Labute approximate surface area is 120 Å². The van der Waals surface area contributed by atoms with Crippen LogP contribution in [0.25, 0.3) is 22.6 Å². The Morgan fingerprint density at radius 1 is 1.38 bits per heavy atom. The first-order valence-electron chi connectivity index (χ1n) is 6.59. The van der Waals surface area contributed by atoms with Gasteiger partial charge in [0.2, 0.25) is 0 Å². The fraction of sp³-hybridized carbons (Fsp3) is 0.267. The van der Waals surface area contributed by atoms with Gasteiger partial charge in [-0.3, -0.25) is 4.79 Å². The van der Waals surface area contributed by atoms with Gasteiger partial charge in [0.1, 0.15) is 0 Å². The number of nitrogens with zero attached hydrogens (tertiary/aromatic N) is 2. The summed E-state index contributed by atoms with van der Waals surface area (Å²) < 4.78 is 10.6. The molecule has 21 heavy (non-hydrogen) atoms. The number of furan rings is 1. The van der Waals surface area contributed by atoms with Crippen molar-refractivity contribution in [3.63, 3.8) is 0 Å². The first-order valence-corrected chi connectivity index (χ1v) is 6.59. The summed E-state index contributed by atoms with van der Waals surface area (Å²) in [6, 6.07) is 3.58. The van der Waals surface area contributed by atoms with Crippen molar-refractivity contribution in [2.75, 3.05) is 0 Å². The molecule has 0 atom stereocenters. The van der Waals surface area contributed by atoms with Gasteiger partial charge in [0.05, 0.1) is 11.6 Å². The van der Waals surface area contributed by atoms with E-state index in [1.54, 1.807) is 18.4 Å². The minimum Gasteiger partial charge on any atom is -0.481 e. The van der Waals surface area contributed by atoms with E-state index in [2.05, 4.69) is 10.1 Å². The second kappa shape index (κ2) is 5.05. The number of fused-ring (bicyclic) bond motifs is 1. The molecule has 0 aliphatic rings. The molecule has 0 unspecified atom stereocenters. The van der Waals surface area contributed by atoms with Crippen LogP contribution in [0, 0.1) is 13.8 Å². The van der Waals surface area contributed by atoms with Crippen molar-refractivity contribution in [1.29, 1.82) is 0 Å². The molecule has 1 N–H and O–H groups in total. The first kappa shape index (κ1) is 13.4. The minimum absolute atomic E-state index is 0.0657. The Bertz CT molecular complexity index is 803. The standard InChI is InChI=1S/C15H14N2O4/c1-8-10(5-6-12(18)19)9(2)16-15-13(8)14(17-21-15)11-4-3-7-20-11/h3-4,7H,5-6H2,1-2H3,(H,18,19). The Morgan fingerprint density at radius 3 is 2.86 bits per heavy atom. The van der Waals surface area contributed by atoms with E-state index in [0.29, 0.717) is 23.6 Å². The monoisotopic (exact) mass is 286 g/mol. The van der Waals surface area contributed by atoms with Crippen LogP contribution in [-0.4, -0.2) is 21.2 Å². The van der Waals surface area contributed by atoms with Crippen LogP contribution in [0.4, 0.5) is 0 Å². The lowest BCUT2D eigenvalue weighted by Gasteiger charge is -2.08. The van der Waals surface area contributed by atoms with Gasteiger partial charge in [-0.05, 0) is 43.5 Å². The quantitative estimate of drug-likeness (QED) is 0.792. The summed E-state index contributed by atoms with van der Waals surface area (Å²) in [6.07, 6.45) is 2.06. The first-order chi connectivity index (χ1) is 10.1. The van der Waals surface area contributed by atoms with E-state index in [4.69, 9.17) is 14.0 Å². The maximum absolute atomic E-state index is 10.8. The van der Waals surface area contributed by atoms with Crippen LogP contribution in [0.3, 0.4) is 0 Å². The van der Waals surface area contributed by atoms with Gasteiger partial charge in [-0.1, -0.05) is 5.16 Å². The Kier molecular flexibility index (Phi) is 3.21. The van der Waals surface area contributed by atoms with Crippen LogP contribution in [0.1, 0.15) is 23.2 Å². The number of hydrogen-bond donors (Lipinski definition) is 1. The maximum Gasteiger partial charge on any atom is 0.303 e. The van der Waals surface area contributed by atoms with Crippen LogP contribution < -0.4 is 0 Å². The lowest BCUT2D eigenvalue weighted by molar-refractivity contribution is -0.136. The molecule has 0 amide bonds. The molecule has 6 nitrogen and oxygen atoms in total. The molecule has 3 rings (SSSR count). The van der Waals surface area contributed by atoms with E-state index in [0.717, 1.165) is 22.2 Å². The largest absolute Gasteiger partial charge is 0.481 e. The molecule has 3 heterocycles. The van der Waals surface area contributed by atoms with Crippen molar-refractivity contribution in [2.45, 2.75) is 26.7 Å². The van der Waals surface area contributed by atoms with E-state index in [1.807, 2.05) is 13.8 Å². The van der Waals surface area contributed by atoms with Crippen LogP contribution in [-0.2, 0) is 11.2 Å². The highest BCUT2D eigenvalue weighted by Crippen LogP contribution is 2.32. The summed E-state index contributed by atoms with van der Waals surface area (Å²) in [5.41, 5.74) is 3.66. The Hall–Kier alpha value is -2.63. The lowest BCUT2D eigenvalue weighted by atomic mass is 9.99. The molecule has 0 radical (unpaired) electrons. The van der Waals surface area contributed by atoms with Crippen LogP contribution in [0.5, 0.6) is 0 Å². The number of aromatic nitrogens is 2. The van der Waals surface area contributed by atoms with Gasteiger partial charge in [-0.25, -0.2) is 4.98 Å². The van der Waals surface area contributed by atoms with Crippen molar-refractivity contribution >= 4 is 17.1 Å². The summed E-state index contributed by atoms with van der Waals surface area (Å²) in [5.74, 6) is -0.225. The number of aryl methyl sites for hydroxylation is 2. The number of pyridine rings is 1. The van der Waals surface area contributed by atoms with Crippen molar-refractivity contribution in [2.24, 2.45) is 0 Å². The van der Waals surface area contributed by atoms with E-state index in [1.165, 1.54) is 0 Å². The molecular weight excluding hydrogens is 272 g/mol. The van der Waals surface area contributed by atoms with Gasteiger partial charge in [0.25, 0.3) is 5.71 Å². The third kappa shape index (κ3) is 2.29. The molecule has 0 bridgehead atoms. The van der Waals surface area contributed by atoms with E-state index in [-0.39, 0.29) is 6.42 Å². The van der Waals surface area contributed by atoms with Crippen molar-refractivity contribution in [1.82, 2.24) is 10.1 Å². The fourth-order valence-corrected chi connectivity index (χ4v) is 2.52. The molecule has 3 aromatic heterocycles. The lowest BCUT2D eigenvalue weighted by Crippen LogP contribution is -2.03. The summed E-state index contributed by atoms with van der Waals surface area (Å²) >= 11 is 0. The zero-order valence-electron chi connectivity index (χ0n) is 11.7. The third-order valence-corrected chi connectivity index (χ3v) is 3.55. The molecule has 0 saturated heterocycles. The molecule has 6 heteroatoms. The van der Waals surface area contributed by atoms with Crippen LogP contribution in [0.15, 0.2) is 27.3 Å². The van der Waals surface area contributed by atoms with E-state index in [9.17, 15) is 4.79 Å². The van der Waals surface area contributed by atoms with E-state index < -0.39 is 5.97 Å². The highest BCUT2D eigenvalue weighted by Gasteiger charge is 2.20. The molecular formula is C15H14N2O4. The normalized spacial score (nSPS) is 11.1. The third-order valence-electron chi connectivity index (χ3n) is 3.55. The number of hydrogen-bond acceptors (Lipinski definition) is 5. The SMILES string of the molecule is Cc1nc2onc(-c3ccco3)c2c(C)c1CCC(=O)O. The summed E-state index contributed by atoms with van der Waals surface area (Å²) in [6.45, 7) is 3.77. The maximum atomic E-state index is 10.8. The van der Waals surface area contributed by atoms with E-state index >= 15 is 0 Å². The zero-order chi connectivity index (χ0) is 15.0. The van der Waals surface area contributed by atoms with Gasteiger partial charge in [-0.2, -0.15) is 0 Å². The number of aliphatic carboxylic acids is 1. The molecule has 0 spiro atoms. The second-order valence-electron chi connectivity index (χ2n) is 4.88.